The fourth-order valence-corrected chi connectivity index (χ4v) is 2.37. The first kappa shape index (κ1) is 11.6. The maximum atomic E-state index is 10.1. The number of aliphatic hydroxyl groups excluding tert-OH is 1. The summed E-state index contributed by atoms with van der Waals surface area (Å²) in [6, 6.07) is 7.87. The van der Waals surface area contributed by atoms with Crippen molar-refractivity contribution in [1.82, 2.24) is 9.55 Å². The Labute approximate surface area is 108 Å². The first-order valence-electron chi connectivity index (χ1n) is 5.07. The van der Waals surface area contributed by atoms with Crippen molar-refractivity contribution >= 4 is 22.6 Å². The predicted molar refractivity (Wildman–Crippen MR) is 71.0 cm³/mol. The number of nitrogens with zero attached hydrogens (tertiary/aromatic N) is 2. The molecule has 1 atom stereocenters. The molecule has 1 N–H and O–H groups in total. The van der Waals surface area contributed by atoms with Crippen LogP contribution >= 0.6 is 22.6 Å². The Balaban J connectivity index is 2.18. The van der Waals surface area contributed by atoms with Gasteiger partial charge in [-0.2, -0.15) is 0 Å². The zero-order valence-electron chi connectivity index (χ0n) is 8.97. The number of rotatable bonds is 3. The number of imidazole rings is 1. The minimum atomic E-state index is -0.491. The maximum Gasteiger partial charge on any atom is 0.111 e. The van der Waals surface area contributed by atoms with Gasteiger partial charge in [0.15, 0.2) is 0 Å². The summed E-state index contributed by atoms with van der Waals surface area (Å²) in [5.41, 5.74) is 0.964. The monoisotopic (exact) mass is 328 g/mol. The molecule has 0 amide bonds. The quantitative estimate of drug-likeness (QED) is 0.878. The SMILES string of the molecule is Cn1ccnc1CC(O)c1ccccc1I. The predicted octanol–water partition coefficient (Wildman–Crippen LogP) is 2.30. The molecule has 0 fully saturated rings. The summed E-state index contributed by atoms with van der Waals surface area (Å²) in [5.74, 6) is 0.896. The van der Waals surface area contributed by atoms with Gasteiger partial charge in [-0.1, -0.05) is 18.2 Å². The average Bonchev–Trinajstić information content (AvgIpc) is 2.65. The van der Waals surface area contributed by atoms with Crippen LogP contribution in [-0.4, -0.2) is 14.7 Å². The zero-order valence-corrected chi connectivity index (χ0v) is 11.1. The van der Waals surface area contributed by atoms with Crippen LogP contribution in [0.2, 0.25) is 0 Å². The highest BCUT2D eigenvalue weighted by Gasteiger charge is 2.13. The van der Waals surface area contributed by atoms with Crippen molar-refractivity contribution in [2.24, 2.45) is 7.05 Å². The van der Waals surface area contributed by atoms with Gasteiger partial charge in [-0.3, -0.25) is 0 Å². The number of aliphatic hydroxyl groups is 1. The molecular formula is C12H13IN2O. The molecule has 0 aliphatic rings. The highest BCUT2D eigenvalue weighted by Crippen LogP contribution is 2.22. The average molecular weight is 328 g/mol. The van der Waals surface area contributed by atoms with Crippen molar-refractivity contribution in [1.29, 1.82) is 0 Å². The fourth-order valence-electron chi connectivity index (χ4n) is 1.62. The second-order valence-electron chi connectivity index (χ2n) is 3.70. The molecule has 0 saturated heterocycles. The van der Waals surface area contributed by atoms with Gasteiger partial charge in [0.1, 0.15) is 5.82 Å². The first-order valence-corrected chi connectivity index (χ1v) is 6.15. The van der Waals surface area contributed by atoms with Crippen molar-refractivity contribution in [3.05, 3.63) is 51.6 Å². The van der Waals surface area contributed by atoms with E-state index in [9.17, 15) is 5.11 Å². The molecule has 0 saturated carbocycles. The topological polar surface area (TPSA) is 38.0 Å². The molecule has 3 nitrogen and oxygen atoms in total. The molecule has 0 aliphatic heterocycles. The van der Waals surface area contributed by atoms with Crippen molar-refractivity contribution in [3.8, 4) is 0 Å². The first-order chi connectivity index (χ1) is 7.68. The normalized spacial score (nSPS) is 12.7. The van der Waals surface area contributed by atoms with Crippen LogP contribution in [0.25, 0.3) is 0 Å². The van der Waals surface area contributed by atoms with E-state index in [1.807, 2.05) is 42.1 Å². The number of aryl methyl sites for hydroxylation is 1. The number of aromatic nitrogens is 2. The Morgan fingerprint density at radius 2 is 2.19 bits per heavy atom. The van der Waals surface area contributed by atoms with Crippen molar-refractivity contribution in [2.75, 3.05) is 0 Å². The Morgan fingerprint density at radius 3 is 2.81 bits per heavy atom. The molecule has 84 valence electrons. The summed E-state index contributed by atoms with van der Waals surface area (Å²) < 4.78 is 3.01. The lowest BCUT2D eigenvalue weighted by Crippen LogP contribution is -2.07. The largest absolute Gasteiger partial charge is 0.388 e. The van der Waals surface area contributed by atoms with E-state index in [0.717, 1.165) is 15.0 Å². The molecule has 2 aromatic rings. The van der Waals surface area contributed by atoms with E-state index in [4.69, 9.17) is 0 Å². The van der Waals surface area contributed by atoms with Crippen LogP contribution in [0.4, 0.5) is 0 Å². The third kappa shape index (κ3) is 2.44. The lowest BCUT2D eigenvalue weighted by molar-refractivity contribution is 0.174. The molecule has 1 unspecified atom stereocenters. The van der Waals surface area contributed by atoms with Crippen LogP contribution in [0.15, 0.2) is 36.7 Å². The van der Waals surface area contributed by atoms with E-state index in [1.54, 1.807) is 6.20 Å². The molecule has 1 aromatic heterocycles. The lowest BCUT2D eigenvalue weighted by atomic mass is 10.1. The van der Waals surface area contributed by atoms with E-state index in [1.165, 1.54) is 0 Å². The number of halogens is 1. The Kier molecular flexibility index (Phi) is 3.60. The van der Waals surface area contributed by atoms with Crippen molar-refractivity contribution in [3.63, 3.8) is 0 Å². The van der Waals surface area contributed by atoms with Gasteiger partial charge in [0.2, 0.25) is 0 Å². The number of benzene rings is 1. The standard InChI is InChI=1S/C12H13IN2O/c1-15-7-6-14-12(15)8-11(16)9-4-2-3-5-10(9)13/h2-7,11,16H,8H2,1H3. The third-order valence-corrected chi connectivity index (χ3v) is 3.54. The van der Waals surface area contributed by atoms with Crippen LogP contribution in [0.5, 0.6) is 0 Å². The van der Waals surface area contributed by atoms with Gasteiger partial charge >= 0.3 is 0 Å². The molecular weight excluding hydrogens is 315 g/mol. The highest BCUT2D eigenvalue weighted by molar-refractivity contribution is 14.1. The van der Waals surface area contributed by atoms with Crippen molar-refractivity contribution < 1.29 is 5.11 Å². The maximum absolute atomic E-state index is 10.1. The van der Waals surface area contributed by atoms with Crippen LogP contribution in [-0.2, 0) is 13.5 Å². The van der Waals surface area contributed by atoms with Gasteiger partial charge in [0, 0.05) is 29.4 Å². The summed E-state index contributed by atoms with van der Waals surface area (Å²) in [4.78, 5) is 4.21. The minimum absolute atomic E-state index is 0.491. The van der Waals surface area contributed by atoms with Gasteiger partial charge in [-0.15, -0.1) is 0 Å². The molecule has 0 bridgehead atoms. The molecule has 0 spiro atoms. The van der Waals surface area contributed by atoms with Gasteiger partial charge in [0.25, 0.3) is 0 Å². The molecule has 0 aliphatic carbocycles. The Morgan fingerprint density at radius 1 is 1.44 bits per heavy atom. The summed E-state index contributed by atoms with van der Waals surface area (Å²) >= 11 is 2.24. The van der Waals surface area contributed by atoms with Gasteiger partial charge < -0.3 is 9.67 Å². The Bertz CT molecular complexity index is 481. The van der Waals surface area contributed by atoms with Crippen LogP contribution in [0.3, 0.4) is 0 Å². The third-order valence-electron chi connectivity index (χ3n) is 2.56. The highest BCUT2D eigenvalue weighted by atomic mass is 127. The molecule has 2 rings (SSSR count). The molecule has 1 heterocycles. The molecule has 0 radical (unpaired) electrons. The summed E-state index contributed by atoms with van der Waals surface area (Å²) in [7, 11) is 1.94. The lowest BCUT2D eigenvalue weighted by Gasteiger charge is -2.12. The van der Waals surface area contributed by atoms with Gasteiger partial charge in [-0.05, 0) is 34.2 Å². The summed E-state index contributed by atoms with van der Waals surface area (Å²) in [5, 5.41) is 10.1. The van der Waals surface area contributed by atoms with E-state index < -0.39 is 6.10 Å². The summed E-state index contributed by atoms with van der Waals surface area (Å²) in [6.07, 6.45) is 3.69. The number of hydrogen-bond donors (Lipinski definition) is 1. The smallest absolute Gasteiger partial charge is 0.111 e. The molecule has 1 aromatic carbocycles. The van der Waals surface area contributed by atoms with E-state index >= 15 is 0 Å². The van der Waals surface area contributed by atoms with Crippen molar-refractivity contribution in [2.45, 2.75) is 12.5 Å². The van der Waals surface area contributed by atoms with Crippen LogP contribution in [0.1, 0.15) is 17.5 Å². The van der Waals surface area contributed by atoms with E-state index in [-0.39, 0.29) is 0 Å². The molecule has 16 heavy (non-hydrogen) atoms. The van der Waals surface area contributed by atoms with Crippen LogP contribution in [0, 0.1) is 3.57 Å². The Hall–Kier alpha value is -0.880. The second kappa shape index (κ2) is 4.97. The fraction of sp³-hybridized carbons (Fsp3) is 0.250. The zero-order chi connectivity index (χ0) is 11.5. The van der Waals surface area contributed by atoms with Gasteiger partial charge in [-0.25, -0.2) is 4.98 Å². The number of hydrogen-bond acceptors (Lipinski definition) is 2. The van der Waals surface area contributed by atoms with E-state index in [2.05, 4.69) is 27.6 Å². The molecule has 4 heteroatoms. The minimum Gasteiger partial charge on any atom is -0.388 e. The second-order valence-corrected chi connectivity index (χ2v) is 4.86. The van der Waals surface area contributed by atoms with Crippen LogP contribution < -0.4 is 0 Å². The van der Waals surface area contributed by atoms with E-state index in [0.29, 0.717) is 6.42 Å². The summed E-state index contributed by atoms with van der Waals surface area (Å²) in [6.45, 7) is 0. The van der Waals surface area contributed by atoms with Gasteiger partial charge in [0.05, 0.1) is 6.10 Å².